The third-order valence-corrected chi connectivity index (χ3v) is 5.23. The molecule has 2 atom stereocenters. The number of aryl methyl sites for hydroxylation is 3. The summed E-state index contributed by atoms with van der Waals surface area (Å²) < 4.78 is 1.81. The van der Waals surface area contributed by atoms with E-state index in [0.717, 1.165) is 43.0 Å². The molecule has 0 radical (unpaired) electrons. The molecule has 3 rings (SSSR count). The summed E-state index contributed by atoms with van der Waals surface area (Å²) in [6.45, 7) is 8.52. The zero-order valence-corrected chi connectivity index (χ0v) is 15.5. The number of piperidine rings is 1. The summed E-state index contributed by atoms with van der Waals surface area (Å²) in [5.74, 6) is 0.628. The number of aromatic amines is 1. The maximum atomic E-state index is 12.4. The molecule has 7 nitrogen and oxygen atoms in total. The lowest BCUT2D eigenvalue weighted by atomic mass is 9.85. The second-order valence-corrected chi connectivity index (χ2v) is 6.91. The number of nitrogens with one attached hydrogen (secondary N) is 2. The first-order chi connectivity index (χ1) is 12.0. The molecule has 0 aromatic carbocycles. The van der Waals surface area contributed by atoms with Crippen molar-refractivity contribution < 1.29 is 4.79 Å². The molecule has 2 N–H and O–H groups in total. The van der Waals surface area contributed by atoms with E-state index in [4.69, 9.17) is 0 Å². The highest BCUT2D eigenvalue weighted by Gasteiger charge is 2.36. The van der Waals surface area contributed by atoms with Crippen LogP contribution >= 0.6 is 0 Å². The van der Waals surface area contributed by atoms with Crippen LogP contribution in [0.15, 0.2) is 12.4 Å². The fraction of sp³-hybridized carbons (Fsp3) is 0.611. The van der Waals surface area contributed by atoms with Crippen LogP contribution in [0.1, 0.15) is 48.3 Å². The van der Waals surface area contributed by atoms with Crippen molar-refractivity contribution in [3.63, 3.8) is 0 Å². The van der Waals surface area contributed by atoms with E-state index in [0.29, 0.717) is 12.3 Å². The number of carbonyl (C=O) groups excluding carboxylic acids is 1. The number of H-pyrrole nitrogens is 1. The van der Waals surface area contributed by atoms with Gasteiger partial charge in [0.1, 0.15) is 0 Å². The molecule has 25 heavy (non-hydrogen) atoms. The van der Waals surface area contributed by atoms with Crippen LogP contribution in [0.5, 0.6) is 0 Å². The lowest BCUT2D eigenvalue weighted by molar-refractivity contribution is -0.138. The first-order valence-electron chi connectivity index (χ1n) is 9.00. The maximum absolute atomic E-state index is 12.4. The highest BCUT2D eigenvalue weighted by Crippen LogP contribution is 2.36. The van der Waals surface area contributed by atoms with E-state index < -0.39 is 0 Å². The number of rotatable bonds is 6. The maximum Gasteiger partial charge on any atom is 0.223 e. The van der Waals surface area contributed by atoms with Gasteiger partial charge in [0, 0.05) is 56.1 Å². The second kappa shape index (κ2) is 7.39. The molecule has 0 spiro atoms. The van der Waals surface area contributed by atoms with Gasteiger partial charge in [0.05, 0.1) is 17.9 Å². The molecule has 1 aliphatic heterocycles. The third kappa shape index (κ3) is 3.61. The summed E-state index contributed by atoms with van der Waals surface area (Å²) in [6.07, 6.45) is 5.46. The summed E-state index contributed by atoms with van der Waals surface area (Å²) in [5.41, 5.74) is 4.52. The smallest absolute Gasteiger partial charge is 0.223 e. The van der Waals surface area contributed by atoms with Crippen LogP contribution in [0, 0.1) is 19.8 Å². The molecule has 0 saturated carbocycles. The second-order valence-electron chi connectivity index (χ2n) is 6.91. The van der Waals surface area contributed by atoms with Gasteiger partial charge in [-0.2, -0.15) is 10.2 Å². The van der Waals surface area contributed by atoms with Crippen molar-refractivity contribution in [1.29, 1.82) is 0 Å². The minimum absolute atomic E-state index is 0.0963. The van der Waals surface area contributed by atoms with Gasteiger partial charge in [-0.3, -0.25) is 14.6 Å². The van der Waals surface area contributed by atoms with Gasteiger partial charge >= 0.3 is 0 Å². The van der Waals surface area contributed by atoms with E-state index in [-0.39, 0.29) is 11.9 Å². The number of hydrogen-bond donors (Lipinski definition) is 2. The average molecular weight is 344 g/mol. The van der Waals surface area contributed by atoms with E-state index in [1.165, 1.54) is 5.56 Å². The normalized spacial score (nSPS) is 21.1. The summed E-state index contributed by atoms with van der Waals surface area (Å²) in [6, 6.07) is 0.0963. The summed E-state index contributed by atoms with van der Waals surface area (Å²) in [5, 5.41) is 15.2. The largest absolute Gasteiger partial charge is 0.335 e. The zero-order valence-electron chi connectivity index (χ0n) is 15.5. The molecule has 0 bridgehead atoms. The van der Waals surface area contributed by atoms with E-state index in [2.05, 4.69) is 27.5 Å². The molecule has 0 unspecified atom stereocenters. The third-order valence-electron chi connectivity index (χ3n) is 5.23. The fourth-order valence-corrected chi connectivity index (χ4v) is 3.87. The zero-order chi connectivity index (χ0) is 18.0. The van der Waals surface area contributed by atoms with E-state index in [1.54, 1.807) is 0 Å². The van der Waals surface area contributed by atoms with Crippen molar-refractivity contribution in [2.24, 2.45) is 13.0 Å². The Labute approximate surface area is 148 Å². The fourth-order valence-electron chi connectivity index (χ4n) is 3.87. The van der Waals surface area contributed by atoms with Crippen LogP contribution in [-0.2, 0) is 18.4 Å². The molecule has 136 valence electrons. The minimum atomic E-state index is 0.0963. The van der Waals surface area contributed by atoms with Crippen molar-refractivity contribution >= 4 is 5.91 Å². The van der Waals surface area contributed by atoms with Gasteiger partial charge in [-0.05, 0) is 33.1 Å². The molecule has 3 heterocycles. The van der Waals surface area contributed by atoms with Gasteiger partial charge in [-0.25, -0.2) is 0 Å². The van der Waals surface area contributed by atoms with E-state index in [1.807, 2.05) is 42.9 Å². The quantitative estimate of drug-likeness (QED) is 0.838. The molecule has 7 heteroatoms. The van der Waals surface area contributed by atoms with Gasteiger partial charge in [0.25, 0.3) is 0 Å². The molecule has 1 amide bonds. The molecular formula is C18H28N6O. The topological polar surface area (TPSA) is 78.8 Å². The van der Waals surface area contributed by atoms with E-state index >= 15 is 0 Å². The Morgan fingerprint density at radius 3 is 2.80 bits per heavy atom. The van der Waals surface area contributed by atoms with Crippen LogP contribution < -0.4 is 5.32 Å². The Hall–Kier alpha value is -2.15. The molecule has 2 aromatic heterocycles. The van der Waals surface area contributed by atoms with Gasteiger partial charge in [0.2, 0.25) is 5.91 Å². The molecule has 1 aliphatic rings. The number of carbonyl (C=O) groups is 1. The lowest BCUT2D eigenvalue weighted by Gasteiger charge is -2.40. The molecule has 2 aromatic rings. The first kappa shape index (κ1) is 17.7. The molecule has 1 fully saturated rings. The Morgan fingerprint density at radius 2 is 2.20 bits per heavy atom. The van der Waals surface area contributed by atoms with Crippen LogP contribution in [0.3, 0.4) is 0 Å². The predicted octanol–water partition coefficient (Wildman–Crippen LogP) is 1.85. The van der Waals surface area contributed by atoms with Crippen LogP contribution in [0.2, 0.25) is 0 Å². The summed E-state index contributed by atoms with van der Waals surface area (Å²) in [7, 11) is 1.92. The van der Waals surface area contributed by atoms with Crippen LogP contribution in [0.25, 0.3) is 0 Å². The van der Waals surface area contributed by atoms with Crippen molar-refractivity contribution in [3.05, 3.63) is 34.9 Å². The Balaban J connectivity index is 1.72. The number of nitrogens with zero attached hydrogens (tertiary/aromatic N) is 4. The number of hydrogen-bond acceptors (Lipinski definition) is 4. The Bertz CT molecular complexity index is 714. The van der Waals surface area contributed by atoms with E-state index in [9.17, 15) is 4.79 Å². The SMILES string of the molecule is CCN1C(=O)CC[C@H](CNCc2c(C)n[nH]c2C)[C@H]1c1cnn(C)c1. The Morgan fingerprint density at radius 1 is 1.40 bits per heavy atom. The van der Waals surface area contributed by atoms with Crippen LogP contribution in [0.4, 0.5) is 0 Å². The first-order valence-corrected chi connectivity index (χ1v) is 9.00. The molecule has 1 saturated heterocycles. The summed E-state index contributed by atoms with van der Waals surface area (Å²) >= 11 is 0. The van der Waals surface area contributed by atoms with Gasteiger partial charge in [0.15, 0.2) is 0 Å². The van der Waals surface area contributed by atoms with Crippen molar-refractivity contribution in [2.75, 3.05) is 13.1 Å². The minimum Gasteiger partial charge on any atom is -0.335 e. The average Bonchev–Trinajstić information content (AvgIpc) is 3.15. The number of aromatic nitrogens is 4. The predicted molar refractivity (Wildman–Crippen MR) is 95.8 cm³/mol. The van der Waals surface area contributed by atoms with Crippen molar-refractivity contribution in [1.82, 2.24) is 30.2 Å². The Kier molecular flexibility index (Phi) is 5.22. The monoisotopic (exact) mass is 344 g/mol. The van der Waals surface area contributed by atoms with Gasteiger partial charge in [-0.1, -0.05) is 0 Å². The molecule has 0 aliphatic carbocycles. The standard InChI is InChI=1S/C18H28N6O/c1-5-24-17(25)7-6-14(18(24)15-9-20-23(4)11-15)8-19-10-16-12(2)21-22-13(16)3/h9,11,14,18-19H,5-8,10H2,1-4H3,(H,21,22)/t14-,18+/m1/s1. The number of amides is 1. The molecular weight excluding hydrogens is 316 g/mol. The van der Waals surface area contributed by atoms with Crippen molar-refractivity contribution in [2.45, 2.75) is 46.2 Å². The highest BCUT2D eigenvalue weighted by molar-refractivity contribution is 5.77. The van der Waals surface area contributed by atoms with Crippen molar-refractivity contribution in [3.8, 4) is 0 Å². The highest BCUT2D eigenvalue weighted by atomic mass is 16.2. The lowest BCUT2D eigenvalue weighted by Crippen LogP contribution is -2.45. The summed E-state index contributed by atoms with van der Waals surface area (Å²) in [4.78, 5) is 14.4. The van der Waals surface area contributed by atoms with Gasteiger partial charge < -0.3 is 10.2 Å². The number of likely N-dealkylation sites (tertiary alicyclic amines) is 1. The van der Waals surface area contributed by atoms with Gasteiger partial charge in [-0.15, -0.1) is 0 Å². The van der Waals surface area contributed by atoms with Crippen LogP contribution in [-0.4, -0.2) is 43.9 Å².